The van der Waals surface area contributed by atoms with Gasteiger partial charge in [-0.15, -0.1) is 0 Å². The van der Waals surface area contributed by atoms with Crippen molar-refractivity contribution in [2.45, 2.75) is 6.92 Å². The van der Waals surface area contributed by atoms with Crippen molar-refractivity contribution in [3.05, 3.63) is 59.4 Å². The first kappa shape index (κ1) is 20.9. The Morgan fingerprint density at radius 3 is 2.13 bits per heavy atom. The molecule has 1 aromatic heterocycles. The molecule has 0 saturated heterocycles. The Morgan fingerprint density at radius 2 is 1.60 bits per heavy atom. The number of H-pyrrole nitrogens is 1. The van der Waals surface area contributed by atoms with Crippen LogP contribution < -0.4 is 14.2 Å². The van der Waals surface area contributed by atoms with Crippen LogP contribution in [0.2, 0.25) is 0 Å². The number of benzene rings is 2. The zero-order valence-corrected chi connectivity index (χ0v) is 17.1. The zero-order chi connectivity index (χ0) is 21.7. The van der Waals surface area contributed by atoms with Crippen LogP contribution in [-0.4, -0.2) is 49.9 Å². The fraction of sp³-hybridized carbons (Fsp3) is 0.227. The average Bonchev–Trinajstić information content (AvgIpc) is 3.23. The molecule has 156 valence electrons. The number of hydrogen-bond donors (Lipinski definition) is 1. The van der Waals surface area contributed by atoms with Gasteiger partial charge in [0.05, 0.1) is 27.9 Å². The summed E-state index contributed by atoms with van der Waals surface area (Å²) < 4.78 is 21.3. The van der Waals surface area contributed by atoms with E-state index in [-0.39, 0.29) is 23.8 Å². The predicted molar refractivity (Wildman–Crippen MR) is 110 cm³/mol. The number of aromatic nitrogens is 2. The number of hydrogen-bond acceptors (Lipinski definition) is 7. The highest BCUT2D eigenvalue weighted by atomic mass is 16.5. The number of nitrogens with one attached hydrogen (secondary N) is 1. The van der Waals surface area contributed by atoms with Crippen LogP contribution in [0.1, 0.15) is 33.5 Å². The van der Waals surface area contributed by atoms with Crippen molar-refractivity contribution in [2.24, 2.45) is 0 Å². The van der Waals surface area contributed by atoms with Crippen molar-refractivity contribution >= 4 is 11.8 Å². The maximum atomic E-state index is 13.1. The van der Waals surface area contributed by atoms with Crippen LogP contribution in [0.25, 0.3) is 11.1 Å². The summed E-state index contributed by atoms with van der Waals surface area (Å²) in [6.45, 7) is 1.87. The first-order chi connectivity index (χ1) is 14.5. The molecule has 0 fully saturated rings. The van der Waals surface area contributed by atoms with E-state index >= 15 is 0 Å². The van der Waals surface area contributed by atoms with Crippen molar-refractivity contribution in [1.82, 2.24) is 10.2 Å². The van der Waals surface area contributed by atoms with Crippen LogP contribution in [0.4, 0.5) is 0 Å². The molecule has 0 bridgehead atoms. The first-order valence-electron chi connectivity index (χ1n) is 9.21. The topological polar surface area (TPSA) is 99.7 Å². The van der Waals surface area contributed by atoms with Gasteiger partial charge in [0.15, 0.2) is 17.2 Å². The number of carbonyl (C=O) groups excluding carboxylic acids is 2. The highest BCUT2D eigenvalue weighted by molar-refractivity contribution is 6.14. The van der Waals surface area contributed by atoms with E-state index in [1.807, 2.05) is 6.07 Å². The second kappa shape index (κ2) is 9.13. The Balaban J connectivity index is 2.25. The number of carbonyl (C=O) groups is 2. The monoisotopic (exact) mass is 410 g/mol. The minimum atomic E-state index is -0.624. The normalized spacial score (nSPS) is 10.4. The smallest absolute Gasteiger partial charge is 0.357 e. The first-order valence-corrected chi connectivity index (χ1v) is 9.21. The van der Waals surface area contributed by atoms with E-state index in [4.69, 9.17) is 18.9 Å². The predicted octanol–water partition coefficient (Wildman–Crippen LogP) is 3.51. The Morgan fingerprint density at radius 1 is 0.967 bits per heavy atom. The summed E-state index contributed by atoms with van der Waals surface area (Å²) in [5.74, 6) is 0.176. The summed E-state index contributed by atoms with van der Waals surface area (Å²) in [5, 5.41) is 6.79. The molecule has 0 aliphatic rings. The molecule has 0 unspecified atom stereocenters. The number of ether oxygens (including phenoxy) is 4. The lowest BCUT2D eigenvalue weighted by molar-refractivity contribution is 0.0520. The molecule has 8 nitrogen and oxygen atoms in total. The molecular formula is C22H22N2O6. The van der Waals surface area contributed by atoms with E-state index in [1.165, 1.54) is 21.3 Å². The van der Waals surface area contributed by atoms with Gasteiger partial charge in [-0.3, -0.25) is 9.89 Å². The van der Waals surface area contributed by atoms with Crippen molar-refractivity contribution in [3.8, 4) is 28.4 Å². The molecule has 0 radical (unpaired) electrons. The molecule has 2 aromatic carbocycles. The van der Waals surface area contributed by atoms with Gasteiger partial charge in [0.2, 0.25) is 11.5 Å². The van der Waals surface area contributed by atoms with Gasteiger partial charge in [-0.1, -0.05) is 30.3 Å². The SMILES string of the molecule is CCOC(=O)c1[nH]nc(C(=O)c2ccccc2)c1-c1cc(OC)c(OC)c(OC)c1. The molecule has 0 aliphatic carbocycles. The maximum Gasteiger partial charge on any atom is 0.357 e. The molecule has 0 atom stereocenters. The van der Waals surface area contributed by atoms with Crippen LogP contribution in [0, 0.1) is 0 Å². The van der Waals surface area contributed by atoms with Gasteiger partial charge in [0.1, 0.15) is 5.69 Å². The summed E-state index contributed by atoms with van der Waals surface area (Å²) in [4.78, 5) is 25.7. The van der Waals surface area contributed by atoms with Crippen molar-refractivity contribution < 1.29 is 28.5 Å². The van der Waals surface area contributed by atoms with E-state index in [9.17, 15) is 9.59 Å². The van der Waals surface area contributed by atoms with Gasteiger partial charge in [-0.05, 0) is 24.6 Å². The second-order valence-corrected chi connectivity index (χ2v) is 6.15. The Labute approximate surface area is 173 Å². The van der Waals surface area contributed by atoms with Crippen molar-refractivity contribution in [1.29, 1.82) is 0 Å². The lowest BCUT2D eigenvalue weighted by Gasteiger charge is -2.15. The third kappa shape index (κ3) is 3.84. The molecule has 8 heteroatoms. The van der Waals surface area contributed by atoms with Gasteiger partial charge >= 0.3 is 5.97 Å². The lowest BCUT2D eigenvalue weighted by Crippen LogP contribution is -2.08. The third-order valence-corrected chi connectivity index (χ3v) is 4.45. The molecule has 0 amide bonds. The van der Waals surface area contributed by atoms with E-state index in [1.54, 1.807) is 43.3 Å². The number of ketones is 1. The second-order valence-electron chi connectivity index (χ2n) is 6.15. The fourth-order valence-corrected chi connectivity index (χ4v) is 3.09. The van der Waals surface area contributed by atoms with Crippen molar-refractivity contribution in [2.75, 3.05) is 27.9 Å². The van der Waals surface area contributed by atoms with Crippen LogP contribution in [0.15, 0.2) is 42.5 Å². The molecule has 0 aliphatic heterocycles. The fourth-order valence-electron chi connectivity index (χ4n) is 3.09. The zero-order valence-electron chi connectivity index (χ0n) is 17.1. The molecule has 0 saturated carbocycles. The summed E-state index contributed by atoms with van der Waals surface area (Å²) in [6.07, 6.45) is 0. The number of rotatable bonds is 8. The van der Waals surface area contributed by atoms with Crippen LogP contribution in [0.3, 0.4) is 0 Å². The quantitative estimate of drug-likeness (QED) is 0.448. The van der Waals surface area contributed by atoms with Gasteiger partial charge in [0, 0.05) is 11.1 Å². The number of methoxy groups -OCH3 is 3. The molecular weight excluding hydrogens is 388 g/mol. The Hall–Kier alpha value is -3.81. The molecule has 1 N–H and O–H groups in total. The van der Waals surface area contributed by atoms with Crippen LogP contribution in [-0.2, 0) is 4.74 Å². The van der Waals surface area contributed by atoms with E-state index in [2.05, 4.69) is 10.2 Å². The van der Waals surface area contributed by atoms with Gasteiger partial charge < -0.3 is 18.9 Å². The highest BCUT2D eigenvalue weighted by Crippen LogP contribution is 2.42. The number of aromatic amines is 1. The third-order valence-electron chi connectivity index (χ3n) is 4.45. The molecule has 0 spiro atoms. The molecule has 3 rings (SSSR count). The van der Waals surface area contributed by atoms with Crippen LogP contribution in [0.5, 0.6) is 17.2 Å². The van der Waals surface area contributed by atoms with Gasteiger partial charge in [-0.25, -0.2) is 4.79 Å². The minimum absolute atomic E-state index is 0.0606. The number of esters is 1. The van der Waals surface area contributed by atoms with Crippen LogP contribution >= 0.6 is 0 Å². The summed E-state index contributed by atoms with van der Waals surface area (Å²) in [5.41, 5.74) is 1.36. The number of nitrogens with zero attached hydrogens (tertiary/aromatic N) is 1. The van der Waals surface area contributed by atoms with E-state index in [0.29, 0.717) is 33.9 Å². The Bertz CT molecular complexity index is 1030. The summed E-state index contributed by atoms with van der Waals surface area (Å²) >= 11 is 0. The molecule has 30 heavy (non-hydrogen) atoms. The van der Waals surface area contributed by atoms with Crippen molar-refractivity contribution in [3.63, 3.8) is 0 Å². The van der Waals surface area contributed by atoms with Gasteiger partial charge in [0.25, 0.3) is 0 Å². The standard InChI is InChI=1S/C22H22N2O6/c1-5-30-22(26)19-17(14-11-15(27-2)21(29-4)16(12-14)28-3)18(23-24-19)20(25)13-9-7-6-8-10-13/h6-12H,5H2,1-4H3,(H,23,24). The molecule has 3 aromatic rings. The molecule has 1 heterocycles. The van der Waals surface area contributed by atoms with Gasteiger partial charge in [-0.2, -0.15) is 5.10 Å². The average molecular weight is 410 g/mol. The largest absolute Gasteiger partial charge is 0.493 e. The summed E-state index contributed by atoms with van der Waals surface area (Å²) in [6, 6.07) is 12.0. The lowest BCUT2D eigenvalue weighted by atomic mass is 9.97. The van der Waals surface area contributed by atoms with E-state index < -0.39 is 5.97 Å². The summed E-state index contributed by atoms with van der Waals surface area (Å²) in [7, 11) is 4.46. The Kier molecular flexibility index (Phi) is 6.36. The van der Waals surface area contributed by atoms with E-state index in [0.717, 1.165) is 0 Å². The highest BCUT2D eigenvalue weighted by Gasteiger charge is 2.28. The maximum absolute atomic E-state index is 13.1. The minimum Gasteiger partial charge on any atom is -0.493 e.